The van der Waals surface area contributed by atoms with Crippen LogP contribution in [0, 0.1) is 17.2 Å². The second-order valence-corrected chi connectivity index (χ2v) is 7.36. The third-order valence-corrected chi connectivity index (χ3v) is 5.52. The fourth-order valence-electron chi connectivity index (χ4n) is 2.96. The molecule has 2 unspecified atom stereocenters. The molecule has 6 nitrogen and oxygen atoms in total. The van der Waals surface area contributed by atoms with Gasteiger partial charge in [-0.05, 0) is 30.9 Å². The first-order valence-corrected chi connectivity index (χ1v) is 8.41. The average molecular weight is 309 g/mol. The fraction of sp³-hybridized carbons (Fsp3) is 0.571. The number of hydrogen-bond donors (Lipinski definition) is 2. The summed E-state index contributed by atoms with van der Waals surface area (Å²) in [6, 6.07) is 4.61. The molecule has 0 aromatic carbocycles. The monoisotopic (exact) mass is 309 g/mol. The largest absolute Gasteiger partial charge is 0.394 e. The zero-order chi connectivity index (χ0) is 15.5. The summed E-state index contributed by atoms with van der Waals surface area (Å²) in [6.07, 6.45) is 4.45. The number of rotatable bonds is 4. The Kier molecular flexibility index (Phi) is 4.61. The topological polar surface area (TPSA) is 103 Å². The van der Waals surface area contributed by atoms with Crippen molar-refractivity contribution in [3.63, 3.8) is 0 Å². The van der Waals surface area contributed by atoms with Gasteiger partial charge in [-0.1, -0.05) is 19.8 Å². The van der Waals surface area contributed by atoms with Gasteiger partial charge in [0, 0.05) is 6.20 Å². The lowest BCUT2D eigenvalue weighted by Gasteiger charge is -2.38. The zero-order valence-corrected chi connectivity index (χ0v) is 12.7. The normalized spacial score (nSPS) is 26.2. The van der Waals surface area contributed by atoms with Gasteiger partial charge in [0.15, 0.2) is 5.69 Å². The molecule has 0 saturated heterocycles. The Morgan fingerprint density at radius 2 is 2.38 bits per heavy atom. The average Bonchev–Trinajstić information content (AvgIpc) is 2.46. The molecule has 21 heavy (non-hydrogen) atoms. The van der Waals surface area contributed by atoms with Crippen LogP contribution in [0.3, 0.4) is 0 Å². The van der Waals surface area contributed by atoms with E-state index < -0.39 is 15.6 Å². The van der Waals surface area contributed by atoms with E-state index in [1.54, 1.807) is 6.07 Å². The summed E-state index contributed by atoms with van der Waals surface area (Å²) in [4.78, 5) is 3.64. The van der Waals surface area contributed by atoms with Gasteiger partial charge in [-0.25, -0.2) is 18.1 Å². The van der Waals surface area contributed by atoms with E-state index in [9.17, 15) is 13.5 Å². The number of pyridine rings is 1. The predicted molar refractivity (Wildman–Crippen MR) is 76.7 cm³/mol. The molecule has 1 heterocycles. The van der Waals surface area contributed by atoms with Gasteiger partial charge in [-0.2, -0.15) is 5.26 Å². The van der Waals surface area contributed by atoms with Crippen LogP contribution in [-0.2, 0) is 10.0 Å². The number of nitrogens with zero attached hydrogens (tertiary/aromatic N) is 2. The van der Waals surface area contributed by atoms with Crippen molar-refractivity contribution in [3.05, 3.63) is 24.0 Å². The first-order chi connectivity index (χ1) is 9.92. The van der Waals surface area contributed by atoms with E-state index in [2.05, 4.69) is 9.71 Å². The number of aliphatic hydroxyl groups excluding tert-OH is 1. The first kappa shape index (κ1) is 15.9. The van der Waals surface area contributed by atoms with Crippen molar-refractivity contribution in [2.24, 2.45) is 5.92 Å². The third kappa shape index (κ3) is 3.40. The highest BCUT2D eigenvalue weighted by molar-refractivity contribution is 7.89. The standard InChI is InChI=1S/C14H19N3O3S/c1-11-4-2-6-14(8-11,10-18)17-21(19,20)13-5-3-7-16-12(13)9-15/h3,5,7,11,17-18H,2,4,6,8,10H2,1H3. The molecule has 0 aliphatic heterocycles. The third-order valence-electron chi connectivity index (χ3n) is 3.91. The van der Waals surface area contributed by atoms with Crippen molar-refractivity contribution < 1.29 is 13.5 Å². The molecular formula is C14H19N3O3S. The molecule has 0 bridgehead atoms. The van der Waals surface area contributed by atoms with Gasteiger partial charge in [0.25, 0.3) is 0 Å². The Morgan fingerprint density at radius 1 is 1.62 bits per heavy atom. The molecule has 1 aliphatic carbocycles. The zero-order valence-electron chi connectivity index (χ0n) is 11.9. The molecule has 7 heteroatoms. The highest BCUT2D eigenvalue weighted by atomic mass is 32.2. The SMILES string of the molecule is CC1CCCC(CO)(NS(=O)(=O)c2cccnc2C#N)C1. The van der Waals surface area contributed by atoms with Crippen LogP contribution < -0.4 is 4.72 Å². The van der Waals surface area contributed by atoms with E-state index in [4.69, 9.17) is 5.26 Å². The molecule has 114 valence electrons. The molecule has 2 N–H and O–H groups in total. The fourth-order valence-corrected chi connectivity index (χ4v) is 4.50. The second kappa shape index (κ2) is 6.10. The number of nitrogens with one attached hydrogen (secondary N) is 1. The summed E-state index contributed by atoms with van der Waals surface area (Å²) >= 11 is 0. The molecule has 2 atom stereocenters. The molecule has 1 fully saturated rings. The number of aromatic nitrogens is 1. The van der Waals surface area contributed by atoms with Crippen LogP contribution in [0.4, 0.5) is 0 Å². The summed E-state index contributed by atoms with van der Waals surface area (Å²) in [6.45, 7) is 1.79. The summed E-state index contributed by atoms with van der Waals surface area (Å²) in [5, 5.41) is 18.7. The van der Waals surface area contributed by atoms with Crippen LogP contribution in [0.25, 0.3) is 0 Å². The maximum atomic E-state index is 12.5. The van der Waals surface area contributed by atoms with E-state index in [0.717, 1.165) is 12.8 Å². The second-order valence-electron chi connectivity index (χ2n) is 5.71. The van der Waals surface area contributed by atoms with Gasteiger partial charge in [0.05, 0.1) is 12.1 Å². The molecule has 1 aromatic rings. The molecular weight excluding hydrogens is 290 g/mol. The lowest BCUT2D eigenvalue weighted by molar-refractivity contribution is 0.119. The number of aliphatic hydroxyl groups is 1. The molecule has 2 rings (SSSR count). The Labute approximate surface area is 124 Å². The van der Waals surface area contributed by atoms with Gasteiger partial charge in [-0.15, -0.1) is 0 Å². The minimum atomic E-state index is -3.89. The van der Waals surface area contributed by atoms with Gasteiger partial charge in [0.1, 0.15) is 11.0 Å². The van der Waals surface area contributed by atoms with E-state index in [-0.39, 0.29) is 17.2 Å². The van der Waals surface area contributed by atoms with Crippen LogP contribution in [-0.4, -0.2) is 30.7 Å². The van der Waals surface area contributed by atoms with E-state index >= 15 is 0 Å². The maximum Gasteiger partial charge on any atom is 0.244 e. The lowest BCUT2D eigenvalue weighted by Crippen LogP contribution is -2.53. The lowest BCUT2D eigenvalue weighted by atomic mass is 9.78. The van der Waals surface area contributed by atoms with Crippen molar-refractivity contribution in [3.8, 4) is 6.07 Å². The Bertz CT molecular complexity index is 654. The molecule has 1 aromatic heterocycles. The molecule has 1 saturated carbocycles. The highest BCUT2D eigenvalue weighted by Crippen LogP contribution is 2.33. The van der Waals surface area contributed by atoms with Gasteiger partial charge in [-0.3, -0.25) is 0 Å². The van der Waals surface area contributed by atoms with Gasteiger partial charge in [0.2, 0.25) is 10.0 Å². The maximum absolute atomic E-state index is 12.5. The number of nitriles is 1. The van der Waals surface area contributed by atoms with Crippen LogP contribution in [0.1, 0.15) is 38.3 Å². The van der Waals surface area contributed by atoms with Crippen molar-refractivity contribution in [2.45, 2.75) is 43.0 Å². The van der Waals surface area contributed by atoms with Crippen molar-refractivity contribution >= 4 is 10.0 Å². The Balaban J connectivity index is 2.34. The molecule has 0 spiro atoms. The van der Waals surface area contributed by atoms with E-state index in [1.165, 1.54) is 18.3 Å². The summed E-state index contributed by atoms with van der Waals surface area (Å²) in [7, 11) is -3.89. The minimum Gasteiger partial charge on any atom is -0.394 e. The van der Waals surface area contributed by atoms with Gasteiger partial charge >= 0.3 is 0 Å². The smallest absolute Gasteiger partial charge is 0.244 e. The molecule has 0 radical (unpaired) electrons. The summed E-state index contributed by atoms with van der Waals surface area (Å²) < 4.78 is 27.7. The van der Waals surface area contributed by atoms with Crippen LogP contribution in [0.2, 0.25) is 0 Å². The molecule has 1 aliphatic rings. The van der Waals surface area contributed by atoms with Crippen molar-refractivity contribution in [1.29, 1.82) is 5.26 Å². The predicted octanol–water partition coefficient (Wildman–Crippen LogP) is 1.17. The minimum absolute atomic E-state index is 0.137. The first-order valence-electron chi connectivity index (χ1n) is 6.92. The Hall–Kier alpha value is -1.49. The quantitative estimate of drug-likeness (QED) is 0.869. The Morgan fingerprint density at radius 3 is 3.00 bits per heavy atom. The van der Waals surface area contributed by atoms with Crippen LogP contribution >= 0.6 is 0 Å². The molecule has 0 amide bonds. The van der Waals surface area contributed by atoms with Crippen molar-refractivity contribution in [2.75, 3.05) is 6.61 Å². The number of sulfonamides is 1. The number of hydrogen-bond acceptors (Lipinski definition) is 5. The van der Waals surface area contributed by atoms with E-state index in [1.807, 2.05) is 6.92 Å². The van der Waals surface area contributed by atoms with Gasteiger partial charge < -0.3 is 5.11 Å². The van der Waals surface area contributed by atoms with Crippen molar-refractivity contribution in [1.82, 2.24) is 9.71 Å². The summed E-state index contributed by atoms with van der Waals surface area (Å²) in [5.74, 6) is 0.345. The van der Waals surface area contributed by atoms with Crippen LogP contribution in [0.15, 0.2) is 23.2 Å². The summed E-state index contributed by atoms with van der Waals surface area (Å²) in [5.41, 5.74) is -0.985. The van der Waals surface area contributed by atoms with Crippen LogP contribution in [0.5, 0.6) is 0 Å². The van der Waals surface area contributed by atoms with E-state index in [0.29, 0.717) is 18.8 Å². The highest BCUT2D eigenvalue weighted by Gasteiger charge is 2.39.